The molecule has 0 aromatic carbocycles. The minimum absolute atomic E-state index is 0.229. The van der Waals surface area contributed by atoms with Gasteiger partial charge in [0.1, 0.15) is 0 Å². The van der Waals surface area contributed by atoms with Crippen molar-refractivity contribution in [2.45, 2.75) is 6.54 Å². The SMILES string of the molecule is COC(=O)c1cn(Cc2ccsc2)nn1. The number of thiophene rings is 1. The summed E-state index contributed by atoms with van der Waals surface area (Å²) in [6, 6.07) is 2.00. The van der Waals surface area contributed by atoms with Crippen molar-refractivity contribution < 1.29 is 9.53 Å². The maximum absolute atomic E-state index is 11.1. The quantitative estimate of drug-likeness (QED) is 0.733. The van der Waals surface area contributed by atoms with Gasteiger partial charge in [0.15, 0.2) is 5.69 Å². The lowest BCUT2D eigenvalue weighted by molar-refractivity contribution is 0.0594. The third-order valence-corrected chi connectivity index (χ3v) is 2.59. The van der Waals surface area contributed by atoms with E-state index in [2.05, 4.69) is 15.0 Å². The number of hydrogen-bond donors (Lipinski definition) is 0. The Labute approximate surface area is 90.3 Å². The molecular formula is C9H9N3O2S. The highest BCUT2D eigenvalue weighted by atomic mass is 32.1. The molecule has 0 fully saturated rings. The molecule has 0 saturated heterocycles. The molecular weight excluding hydrogens is 214 g/mol. The number of aromatic nitrogens is 3. The van der Waals surface area contributed by atoms with Crippen LogP contribution in [-0.4, -0.2) is 28.1 Å². The van der Waals surface area contributed by atoms with Crippen LogP contribution in [0, 0.1) is 0 Å². The second kappa shape index (κ2) is 4.22. The van der Waals surface area contributed by atoms with Crippen molar-refractivity contribution in [3.63, 3.8) is 0 Å². The first kappa shape index (κ1) is 9.85. The van der Waals surface area contributed by atoms with E-state index in [9.17, 15) is 4.79 Å². The third-order valence-electron chi connectivity index (χ3n) is 1.86. The molecule has 0 bridgehead atoms. The Morgan fingerprint density at radius 1 is 1.67 bits per heavy atom. The van der Waals surface area contributed by atoms with Crippen LogP contribution in [0.1, 0.15) is 16.1 Å². The standard InChI is InChI=1S/C9H9N3O2S/c1-14-9(13)8-5-12(11-10-8)4-7-2-3-15-6-7/h2-3,5-6H,4H2,1H3. The van der Waals surface area contributed by atoms with Crippen LogP contribution in [0.15, 0.2) is 23.0 Å². The first-order valence-electron chi connectivity index (χ1n) is 4.29. The molecule has 0 aliphatic rings. The highest BCUT2D eigenvalue weighted by Crippen LogP contribution is 2.07. The van der Waals surface area contributed by atoms with E-state index in [1.54, 1.807) is 22.2 Å². The van der Waals surface area contributed by atoms with Crippen molar-refractivity contribution >= 4 is 17.3 Å². The first-order valence-corrected chi connectivity index (χ1v) is 5.23. The molecule has 0 saturated carbocycles. The summed E-state index contributed by atoms with van der Waals surface area (Å²) in [4.78, 5) is 11.1. The third kappa shape index (κ3) is 2.21. The number of rotatable bonds is 3. The molecule has 5 nitrogen and oxygen atoms in total. The fraction of sp³-hybridized carbons (Fsp3) is 0.222. The lowest BCUT2D eigenvalue weighted by atomic mass is 10.3. The fourth-order valence-electron chi connectivity index (χ4n) is 1.14. The van der Waals surface area contributed by atoms with Crippen molar-refractivity contribution in [3.05, 3.63) is 34.3 Å². The minimum atomic E-state index is -0.466. The van der Waals surface area contributed by atoms with Gasteiger partial charge in [0.05, 0.1) is 19.9 Å². The predicted octanol–water partition coefficient (Wildman–Crippen LogP) is 1.17. The molecule has 2 rings (SSSR count). The van der Waals surface area contributed by atoms with Crippen LogP contribution in [0.3, 0.4) is 0 Å². The fourth-order valence-corrected chi connectivity index (χ4v) is 1.80. The molecule has 15 heavy (non-hydrogen) atoms. The van der Waals surface area contributed by atoms with Gasteiger partial charge in [0.2, 0.25) is 0 Å². The number of methoxy groups -OCH3 is 1. The highest BCUT2D eigenvalue weighted by Gasteiger charge is 2.10. The van der Waals surface area contributed by atoms with Crippen LogP contribution in [0.2, 0.25) is 0 Å². The summed E-state index contributed by atoms with van der Waals surface area (Å²) in [5, 5.41) is 11.6. The molecule has 0 aliphatic heterocycles. The van der Waals surface area contributed by atoms with Crippen LogP contribution < -0.4 is 0 Å². The van der Waals surface area contributed by atoms with Crippen molar-refractivity contribution in [1.82, 2.24) is 15.0 Å². The summed E-state index contributed by atoms with van der Waals surface area (Å²) in [7, 11) is 1.32. The maximum atomic E-state index is 11.1. The predicted molar refractivity (Wildman–Crippen MR) is 54.8 cm³/mol. The normalized spacial score (nSPS) is 10.2. The molecule has 0 amide bonds. The van der Waals surface area contributed by atoms with Gasteiger partial charge in [-0.2, -0.15) is 11.3 Å². The molecule has 2 aromatic rings. The van der Waals surface area contributed by atoms with Gasteiger partial charge in [0, 0.05) is 0 Å². The van der Waals surface area contributed by atoms with Crippen LogP contribution in [-0.2, 0) is 11.3 Å². The zero-order chi connectivity index (χ0) is 10.7. The molecule has 0 spiro atoms. The number of ether oxygens (including phenoxy) is 1. The average Bonchev–Trinajstić information content (AvgIpc) is 2.88. The van der Waals surface area contributed by atoms with Crippen LogP contribution in [0.5, 0.6) is 0 Å². The van der Waals surface area contributed by atoms with E-state index < -0.39 is 5.97 Å². The van der Waals surface area contributed by atoms with Gasteiger partial charge in [0.25, 0.3) is 0 Å². The van der Waals surface area contributed by atoms with E-state index in [0.29, 0.717) is 6.54 Å². The van der Waals surface area contributed by atoms with E-state index in [1.165, 1.54) is 7.11 Å². The van der Waals surface area contributed by atoms with Crippen LogP contribution in [0.4, 0.5) is 0 Å². The lowest BCUT2D eigenvalue weighted by Crippen LogP contribution is -2.01. The number of carbonyl (C=O) groups excluding carboxylic acids is 1. The average molecular weight is 223 g/mol. The van der Waals surface area contributed by atoms with Gasteiger partial charge >= 0.3 is 5.97 Å². The van der Waals surface area contributed by atoms with Crippen molar-refractivity contribution in [2.75, 3.05) is 7.11 Å². The maximum Gasteiger partial charge on any atom is 0.360 e. The Bertz CT molecular complexity index is 450. The second-order valence-electron chi connectivity index (χ2n) is 2.92. The van der Waals surface area contributed by atoms with Gasteiger partial charge in [-0.15, -0.1) is 5.10 Å². The Morgan fingerprint density at radius 2 is 2.53 bits per heavy atom. The van der Waals surface area contributed by atoms with Crippen molar-refractivity contribution in [3.8, 4) is 0 Å². The smallest absolute Gasteiger partial charge is 0.360 e. The lowest BCUT2D eigenvalue weighted by Gasteiger charge is -1.95. The minimum Gasteiger partial charge on any atom is -0.464 e. The molecule has 2 aromatic heterocycles. The van der Waals surface area contributed by atoms with Gasteiger partial charge in [-0.25, -0.2) is 9.48 Å². The molecule has 0 atom stereocenters. The van der Waals surface area contributed by atoms with Gasteiger partial charge in [-0.1, -0.05) is 5.21 Å². The van der Waals surface area contributed by atoms with Gasteiger partial charge in [-0.05, 0) is 22.4 Å². The molecule has 0 N–H and O–H groups in total. The number of esters is 1. The molecule has 0 aliphatic carbocycles. The summed E-state index contributed by atoms with van der Waals surface area (Å²) in [5.74, 6) is -0.466. The van der Waals surface area contributed by atoms with E-state index >= 15 is 0 Å². The monoisotopic (exact) mass is 223 g/mol. The largest absolute Gasteiger partial charge is 0.464 e. The number of nitrogens with zero attached hydrogens (tertiary/aromatic N) is 3. The molecule has 2 heterocycles. The summed E-state index contributed by atoms with van der Waals surface area (Å²) in [6.07, 6.45) is 1.57. The van der Waals surface area contributed by atoms with Crippen molar-refractivity contribution in [1.29, 1.82) is 0 Å². The number of hydrogen-bond acceptors (Lipinski definition) is 5. The second-order valence-corrected chi connectivity index (χ2v) is 3.70. The summed E-state index contributed by atoms with van der Waals surface area (Å²) >= 11 is 1.62. The van der Waals surface area contributed by atoms with E-state index in [4.69, 9.17) is 0 Å². The summed E-state index contributed by atoms with van der Waals surface area (Å²) < 4.78 is 6.14. The first-order chi connectivity index (χ1) is 7.29. The highest BCUT2D eigenvalue weighted by molar-refractivity contribution is 7.07. The molecule has 0 unspecified atom stereocenters. The Kier molecular flexibility index (Phi) is 2.77. The number of carbonyl (C=O) groups is 1. The van der Waals surface area contributed by atoms with E-state index in [-0.39, 0.29) is 5.69 Å². The van der Waals surface area contributed by atoms with Crippen molar-refractivity contribution in [2.24, 2.45) is 0 Å². The topological polar surface area (TPSA) is 57.0 Å². The van der Waals surface area contributed by atoms with E-state index in [0.717, 1.165) is 5.56 Å². The zero-order valence-corrected chi connectivity index (χ0v) is 8.90. The van der Waals surface area contributed by atoms with Gasteiger partial charge in [-0.3, -0.25) is 0 Å². The molecule has 0 radical (unpaired) electrons. The molecule has 6 heteroatoms. The van der Waals surface area contributed by atoms with E-state index in [1.807, 2.05) is 16.8 Å². The molecule has 78 valence electrons. The van der Waals surface area contributed by atoms with Crippen LogP contribution in [0.25, 0.3) is 0 Å². The Morgan fingerprint density at radius 3 is 3.20 bits per heavy atom. The van der Waals surface area contributed by atoms with Crippen LogP contribution >= 0.6 is 11.3 Å². The zero-order valence-electron chi connectivity index (χ0n) is 8.08. The summed E-state index contributed by atoms with van der Waals surface area (Å²) in [6.45, 7) is 0.619. The Balaban J connectivity index is 2.11. The summed E-state index contributed by atoms with van der Waals surface area (Å²) in [5.41, 5.74) is 1.37. The van der Waals surface area contributed by atoms with Gasteiger partial charge < -0.3 is 4.74 Å². The Hall–Kier alpha value is -1.69.